The van der Waals surface area contributed by atoms with Gasteiger partial charge in [0.2, 0.25) is 5.95 Å². The summed E-state index contributed by atoms with van der Waals surface area (Å²) in [6.07, 6.45) is 0. The van der Waals surface area contributed by atoms with Gasteiger partial charge in [0.15, 0.2) is 11.2 Å². The van der Waals surface area contributed by atoms with E-state index in [0.717, 1.165) is 19.0 Å². The Labute approximate surface area is 180 Å². The summed E-state index contributed by atoms with van der Waals surface area (Å²) in [7, 11) is 3.20. The normalized spacial score (nSPS) is 21.0. The van der Waals surface area contributed by atoms with Gasteiger partial charge in [-0.1, -0.05) is 45.0 Å². The summed E-state index contributed by atoms with van der Waals surface area (Å²) in [5.41, 5.74) is 5.46. The highest BCUT2D eigenvalue weighted by molar-refractivity contribution is 5.77. The van der Waals surface area contributed by atoms with Crippen molar-refractivity contribution in [3.05, 3.63) is 67.6 Å². The van der Waals surface area contributed by atoms with Gasteiger partial charge in [0.1, 0.15) is 0 Å². The lowest BCUT2D eigenvalue weighted by Gasteiger charge is -2.46. The molecular formula is C23H28N6O2. The summed E-state index contributed by atoms with van der Waals surface area (Å²) < 4.78 is 4.66. The molecule has 2 aromatic heterocycles. The fourth-order valence-electron chi connectivity index (χ4n) is 5.32. The topological polar surface area (TPSA) is 77.1 Å². The molecule has 3 aromatic rings. The smallest absolute Gasteiger partial charge is 0.332 e. The third kappa shape index (κ3) is 2.44. The summed E-state index contributed by atoms with van der Waals surface area (Å²) in [6.45, 7) is 8.48. The van der Waals surface area contributed by atoms with E-state index >= 15 is 0 Å². The number of anilines is 1. The Morgan fingerprint density at radius 1 is 1.06 bits per heavy atom. The van der Waals surface area contributed by atoms with Crippen molar-refractivity contribution in [3.8, 4) is 0 Å². The molecule has 1 aromatic carbocycles. The second-order valence-corrected chi connectivity index (χ2v) is 8.18. The zero-order valence-corrected chi connectivity index (χ0v) is 18.6. The van der Waals surface area contributed by atoms with Crippen molar-refractivity contribution in [1.29, 1.82) is 0 Å². The van der Waals surface area contributed by atoms with Crippen molar-refractivity contribution in [1.82, 2.24) is 24.0 Å². The molecule has 8 nitrogen and oxygen atoms in total. The fourth-order valence-corrected chi connectivity index (χ4v) is 5.32. The van der Waals surface area contributed by atoms with E-state index in [0.29, 0.717) is 17.7 Å². The Kier molecular flexibility index (Phi) is 4.35. The first-order valence-corrected chi connectivity index (χ1v) is 11.0. The number of hydrogen-bond donors (Lipinski definition) is 1. The van der Waals surface area contributed by atoms with Crippen molar-refractivity contribution in [2.45, 2.75) is 39.2 Å². The number of benzene rings is 1. The van der Waals surface area contributed by atoms with Gasteiger partial charge in [0.25, 0.3) is 5.56 Å². The predicted octanol–water partition coefficient (Wildman–Crippen LogP) is 2.00. The van der Waals surface area contributed by atoms with E-state index < -0.39 is 0 Å². The van der Waals surface area contributed by atoms with E-state index in [1.807, 2.05) is 18.4 Å². The van der Waals surface area contributed by atoms with Gasteiger partial charge >= 0.3 is 5.69 Å². The minimum Gasteiger partial charge on any atom is -0.385 e. The molecule has 31 heavy (non-hydrogen) atoms. The molecule has 2 aliphatic heterocycles. The van der Waals surface area contributed by atoms with Gasteiger partial charge in [-0.2, -0.15) is 4.98 Å². The maximum Gasteiger partial charge on any atom is 0.332 e. The van der Waals surface area contributed by atoms with E-state index in [2.05, 4.69) is 41.4 Å². The lowest BCUT2D eigenvalue weighted by molar-refractivity contribution is 0.488. The van der Waals surface area contributed by atoms with Crippen LogP contribution in [0.3, 0.4) is 0 Å². The molecule has 0 amide bonds. The molecule has 2 unspecified atom stereocenters. The molecule has 1 aliphatic carbocycles. The molecule has 3 aliphatic rings. The maximum absolute atomic E-state index is 13.0. The average Bonchev–Trinajstić information content (AvgIpc) is 3.21. The quantitative estimate of drug-likeness (QED) is 0.602. The van der Waals surface area contributed by atoms with E-state index in [9.17, 15) is 9.59 Å². The van der Waals surface area contributed by atoms with Gasteiger partial charge < -0.3 is 14.8 Å². The number of aryl methyl sites for hydroxylation is 1. The van der Waals surface area contributed by atoms with E-state index in [1.54, 1.807) is 7.05 Å². The van der Waals surface area contributed by atoms with Crippen molar-refractivity contribution < 1.29 is 0 Å². The molecule has 0 spiro atoms. The number of allylic oxidation sites excluding steroid dienone is 2. The highest BCUT2D eigenvalue weighted by Crippen LogP contribution is 2.48. The molecule has 0 saturated heterocycles. The standard InChI is InChI=1S/C21H22N6O2.C2H6/c1-11-12-6-4-5-7-13(12)14-10-27-17-18(24(2)21(29)25(3)19(17)28)23-20(27)26-9-8-22-15(11)16(14)26;1-2/h4-7,11,14,22H,8-10H2,1-3H3;1-2H3. The SMILES string of the molecule is CC.CC1C2=C3C(Cn4c(nc5c4c(=O)n(C)c(=O)n5C)N3CCN2)c2ccccc21. The predicted molar refractivity (Wildman–Crippen MR) is 122 cm³/mol. The monoisotopic (exact) mass is 420 g/mol. The van der Waals surface area contributed by atoms with Gasteiger partial charge in [-0.25, -0.2) is 4.79 Å². The third-order valence-corrected chi connectivity index (χ3v) is 6.75. The Balaban J connectivity index is 0.000000994. The summed E-state index contributed by atoms with van der Waals surface area (Å²) in [5.74, 6) is 1.19. The zero-order valence-electron chi connectivity index (χ0n) is 18.6. The fraction of sp³-hybridized carbons (Fsp3) is 0.435. The van der Waals surface area contributed by atoms with Gasteiger partial charge in [0, 0.05) is 57.0 Å². The molecule has 2 atom stereocenters. The lowest BCUT2D eigenvalue weighted by Crippen LogP contribution is -2.48. The van der Waals surface area contributed by atoms with Crippen LogP contribution in [0.2, 0.25) is 0 Å². The van der Waals surface area contributed by atoms with Gasteiger partial charge in [-0.15, -0.1) is 0 Å². The van der Waals surface area contributed by atoms with Gasteiger partial charge in [-0.05, 0) is 11.1 Å². The van der Waals surface area contributed by atoms with Crippen LogP contribution >= 0.6 is 0 Å². The van der Waals surface area contributed by atoms with Crippen molar-refractivity contribution in [2.24, 2.45) is 14.1 Å². The number of nitrogens with one attached hydrogen (secondary N) is 1. The largest absolute Gasteiger partial charge is 0.385 e. The Morgan fingerprint density at radius 3 is 2.52 bits per heavy atom. The highest BCUT2D eigenvalue weighted by Gasteiger charge is 2.42. The summed E-state index contributed by atoms with van der Waals surface area (Å²) in [6, 6.07) is 8.58. The lowest BCUT2D eigenvalue weighted by atomic mass is 9.76. The molecule has 0 fully saturated rings. The first kappa shape index (κ1) is 19.7. The van der Waals surface area contributed by atoms with Crippen LogP contribution in [0.4, 0.5) is 5.95 Å². The first-order chi connectivity index (χ1) is 15.0. The molecular weight excluding hydrogens is 392 g/mol. The maximum atomic E-state index is 13.0. The number of fused-ring (bicyclic) bond motifs is 6. The zero-order chi connectivity index (χ0) is 22.0. The Hall–Kier alpha value is -3.29. The second-order valence-electron chi connectivity index (χ2n) is 8.18. The molecule has 1 N–H and O–H groups in total. The van der Waals surface area contributed by atoms with Crippen LogP contribution in [0, 0.1) is 0 Å². The van der Waals surface area contributed by atoms with Crippen LogP contribution < -0.4 is 21.5 Å². The molecule has 0 radical (unpaired) electrons. The van der Waals surface area contributed by atoms with Crippen molar-refractivity contribution in [3.63, 3.8) is 0 Å². The van der Waals surface area contributed by atoms with Crippen LogP contribution in [-0.4, -0.2) is 31.8 Å². The number of aromatic nitrogens is 4. The molecule has 6 rings (SSSR count). The van der Waals surface area contributed by atoms with Crippen LogP contribution in [0.5, 0.6) is 0 Å². The Bertz CT molecular complexity index is 1360. The third-order valence-electron chi connectivity index (χ3n) is 6.75. The van der Waals surface area contributed by atoms with Crippen LogP contribution in [0.15, 0.2) is 45.2 Å². The van der Waals surface area contributed by atoms with Crippen LogP contribution in [0.25, 0.3) is 11.2 Å². The van der Waals surface area contributed by atoms with Crippen molar-refractivity contribution in [2.75, 3.05) is 18.0 Å². The van der Waals surface area contributed by atoms with Crippen LogP contribution in [0.1, 0.15) is 43.7 Å². The van der Waals surface area contributed by atoms with E-state index in [1.165, 1.54) is 38.7 Å². The number of imidazole rings is 1. The molecule has 4 heterocycles. The van der Waals surface area contributed by atoms with Gasteiger partial charge in [-0.3, -0.25) is 13.9 Å². The Morgan fingerprint density at radius 2 is 1.77 bits per heavy atom. The number of rotatable bonds is 0. The van der Waals surface area contributed by atoms with E-state index in [-0.39, 0.29) is 23.1 Å². The minimum atomic E-state index is -0.352. The summed E-state index contributed by atoms with van der Waals surface area (Å²) in [5, 5.41) is 3.63. The molecule has 0 saturated carbocycles. The molecule has 8 heteroatoms. The van der Waals surface area contributed by atoms with E-state index in [4.69, 9.17) is 4.98 Å². The summed E-state index contributed by atoms with van der Waals surface area (Å²) >= 11 is 0. The van der Waals surface area contributed by atoms with Crippen LogP contribution in [-0.2, 0) is 20.6 Å². The average molecular weight is 421 g/mol. The number of hydrogen-bond acceptors (Lipinski definition) is 5. The highest BCUT2D eigenvalue weighted by atomic mass is 16.2. The number of nitrogens with zero attached hydrogens (tertiary/aromatic N) is 5. The second kappa shape index (κ2) is 6.87. The first-order valence-electron chi connectivity index (χ1n) is 11.0. The summed E-state index contributed by atoms with van der Waals surface area (Å²) in [4.78, 5) is 32.5. The van der Waals surface area contributed by atoms with Crippen molar-refractivity contribution >= 4 is 17.1 Å². The minimum absolute atomic E-state index is 0.150. The molecule has 162 valence electrons. The molecule has 0 bridgehead atoms. The van der Waals surface area contributed by atoms with Gasteiger partial charge in [0.05, 0.1) is 0 Å².